The van der Waals surface area contributed by atoms with Gasteiger partial charge in [-0.25, -0.2) is 14.3 Å². The second-order valence-electron chi connectivity index (χ2n) is 7.27. The molecular weight excluding hydrogens is 400 g/mol. The van der Waals surface area contributed by atoms with E-state index in [1.165, 1.54) is 17.9 Å². The van der Waals surface area contributed by atoms with E-state index in [9.17, 15) is 14.4 Å². The zero-order valence-corrected chi connectivity index (χ0v) is 17.2. The van der Waals surface area contributed by atoms with Gasteiger partial charge in [0.2, 0.25) is 0 Å². The molecule has 0 N–H and O–H groups in total. The van der Waals surface area contributed by atoms with Gasteiger partial charge in [0.05, 0.1) is 18.5 Å². The molecule has 2 aromatic heterocycles. The minimum atomic E-state index is -0.694. The van der Waals surface area contributed by atoms with Gasteiger partial charge in [0, 0.05) is 28.5 Å². The van der Waals surface area contributed by atoms with Crippen LogP contribution in [0.25, 0.3) is 21.7 Å². The van der Waals surface area contributed by atoms with Gasteiger partial charge < -0.3 is 13.9 Å². The van der Waals surface area contributed by atoms with Crippen LogP contribution >= 0.6 is 0 Å². The number of carbonyl (C=O) groups is 1. The molecule has 2 heterocycles. The molecule has 158 valence electrons. The van der Waals surface area contributed by atoms with E-state index in [0.717, 1.165) is 0 Å². The van der Waals surface area contributed by atoms with E-state index in [2.05, 4.69) is 5.10 Å². The number of ether oxygens (including phenoxy) is 2. The highest BCUT2D eigenvalue weighted by atomic mass is 16.5. The van der Waals surface area contributed by atoms with Crippen LogP contribution < -0.4 is 15.9 Å². The van der Waals surface area contributed by atoms with E-state index in [1.807, 2.05) is 13.8 Å². The first-order valence-corrected chi connectivity index (χ1v) is 9.68. The van der Waals surface area contributed by atoms with Crippen molar-refractivity contribution in [3.63, 3.8) is 0 Å². The summed E-state index contributed by atoms with van der Waals surface area (Å²) in [5.74, 6) is -0.156. The molecule has 0 saturated heterocycles. The third-order valence-electron chi connectivity index (χ3n) is 4.91. The summed E-state index contributed by atoms with van der Waals surface area (Å²) in [6, 6.07) is 12.9. The maximum Gasteiger partial charge on any atom is 0.359 e. The van der Waals surface area contributed by atoms with Crippen LogP contribution in [0.2, 0.25) is 0 Å². The van der Waals surface area contributed by atoms with E-state index in [0.29, 0.717) is 33.1 Å². The molecule has 0 aliphatic rings. The van der Waals surface area contributed by atoms with Crippen molar-refractivity contribution in [3.8, 4) is 5.75 Å². The van der Waals surface area contributed by atoms with Gasteiger partial charge in [-0.05, 0) is 32.0 Å². The van der Waals surface area contributed by atoms with Crippen molar-refractivity contribution in [3.05, 3.63) is 80.6 Å². The van der Waals surface area contributed by atoms with Crippen molar-refractivity contribution < 1.29 is 18.7 Å². The lowest BCUT2D eigenvalue weighted by molar-refractivity contribution is 0.0466. The van der Waals surface area contributed by atoms with Gasteiger partial charge in [-0.1, -0.05) is 18.2 Å². The van der Waals surface area contributed by atoms with E-state index in [-0.39, 0.29) is 23.9 Å². The van der Waals surface area contributed by atoms with Crippen LogP contribution in [0.3, 0.4) is 0 Å². The number of methoxy groups -OCH3 is 1. The SMILES string of the molecule is COc1ccc2c(COC(=O)c3nn(C(C)C)c(=O)c4ccccc34)cc(=O)oc2c1. The molecule has 0 aliphatic carbocycles. The molecule has 0 saturated carbocycles. The van der Waals surface area contributed by atoms with E-state index < -0.39 is 11.6 Å². The van der Waals surface area contributed by atoms with E-state index in [1.54, 1.807) is 42.5 Å². The summed E-state index contributed by atoms with van der Waals surface area (Å²) in [5, 5.41) is 5.67. The topological polar surface area (TPSA) is 101 Å². The highest BCUT2D eigenvalue weighted by Gasteiger charge is 2.19. The molecule has 31 heavy (non-hydrogen) atoms. The van der Waals surface area contributed by atoms with Crippen LogP contribution in [0.4, 0.5) is 0 Å². The Hall–Kier alpha value is -3.94. The zero-order valence-electron chi connectivity index (χ0n) is 17.2. The fraction of sp³-hybridized carbons (Fsp3) is 0.217. The smallest absolute Gasteiger partial charge is 0.359 e. The summed E-state index contributed by atoms with van der Waals surface area (Å²) < 4.78 is 17.1. The van der Waals surface area contributed by atoms with Crippen molar-refractivity contribution in [1.82, 2.24) is 9.78 Å². The predicted molar refractivity (Wildman–Crippen MR) is 115 cm³/mol. The number of carbonyl (C=O) groups excluding carboxylic acids is 1. The van der Waals surface area contributed by atoms with Crippen molar-refractivity contribution in [2.75, 3.05) is 7.11 Å². The zero-order chi connectivity index (χ0) is 22.1. The Labute approximate surface area is 176 Å². The van der Waals surface area contributed by atoms with Gasteiger partial charge in [0.25, 0.3) is 5.56 Å². The summed E-state index contributed by atoms with van der Waals surface area (Å²) in [6.45, 7) is 3.45. The Morgan fingerprint density at radius 3 is 2.52 bits per heavy atom. The molecule has 8 nitrogen and oxygen atoms in total. The number of hydrogen-bond donors (Lipinski definition) is 0. The summed E-state index contributed by atoms with van der Waals surface area (Å²) in [4.78, 5) is 37.5. The van der Waals surface area contributed by atoms with Gasteiger partial charge >= 0.3 is 11.6 Å². The maximum atomic E-state index is 12.9. The molecule has 4 rings (SSSR count). The fourth-order valence-corrected chi connectivity index (χ4v) is 3.38. The molecule has 0 spiro atoms. The minimum absolute atomic E-state index is 0.0397. The maximum absolute atomic E-state index is 12.9. The average molecular weight is 420 g/mol. The van der Waals surface area contributed by atoms with E-state index in [4.69, 9.17) is 13.9 Å². The molecule has 0 amide bonds. The quantitative estimate of drug-likeness (QED) is 0.360. The molecule has 0 bridgehead atoms. The number of rotatable bonds is 5. The predicted octanol–water partition coefficient (Wildman–Crippen LogP) is 3.45. The van der Waals surface area contributed by atoms with E-state index >= 15 is 0 Å². The summed E-state index contributed by atoms with van der Waals surface area (Å²) in [6.07, 6.45) is 0. The molecule has 0 atom stereocenters. The number of benzene rings is 2. The fourth-order valence-electron chi connectivity index (χ4n) is 3.38. The summed E-state index contributed by atoms with van der Waals surface area (Å²) in [5.41, 5.74) is 0.0166. The van der Waals surface area contributed by atoms with Crippen LogP contribution in [0.5, 0.6) is 5.75 Å². The number of esters is 1. The van der Waals surface area contributed by atoms with Crippen LogP contribution in [0.1, 0.15) is 35.9 Å². The lowest BCUT2D eigenvalue weighted by atomic mass is 10.1. The van der Waals surface area contributed by atoms with Crippen LogP contribution in [-0.2, 0) is 11.3 Å². The normalized spacial score (nSPS) is 11.2. The molecule has 0 aliphatic heterocycles. The Morgan fingerprint density at radius 2 is 1.81 bits per heavy atom. The van der Waals surface area contributed by atoms with Crippen LogP contribution in [0.15, 0.2) is 62.5 Å². The molecule has 2 aromatic carbocycles. The van der Waals surface area contributed by atoms with Crippen molar-refractivity contribution >= 4 is 27.7 Å². The Kier molecular flexibility index (Phi) is 5.29. The number of fused-ring (bicyclic) bond motifs is 2. The second kappa shape index (κ2) is 8.06. The lowest BCUT2D eigenvalue weighted by Gasteiger charge is -2.13. The standard InChI is InChI=1S/C23H20N2O6/c1-13(2)25-22(27)18-7-5-4-6-17(18)21(24-25)23(28)30-12-14-10-20(26)31-19-11-15(29-3)8-9-16(14)19/h4-11,13H,12H2,1-3H3. The number of nitrogens with zero attached hydrogens (tertiary/aromatic N) is 2. The first kappa shape index (κ1) is 20.3. The van der Waals surface area contributed by atoms with Gasteiger partial charge in [-0.15, -0.1) is 0 Å². The largest absolute Gasteiger partial charge is 0.497 e. The third-order valence-corrected chi connectivity index (χ3v) is 4.91. The molecular formula is C23H20N2O6. The van der Waals surface area contributed by atoms with Crippen molar-refractivity contribution in [1.29, 1.82) is 0 Å². The Balaban J connectivity index is 1.72. The highest BCUT2D eigenvalue weighted by Crippen LogP contribution is 2.23. The molecule has 8 heteroatoms. The first-order valence-electron chi connectivity index (χ1n) is 9.68. The van der Waals surface area contributed by atoms with Crippen molar-refractivity contribution in [2.24, 2.45) is 0 Å². The van der Waals surface area contributed by atoms with Gasteiger partial charge in [0.15, 0.2) is 5.69 Å². The first-order chi connectivity index (χ1) is 14.9. The molecule has 4 aromatic rings. The van der Waals surface area contributed by atoms with Gasteiger partial charge in [0.1, 0.15) is 17.9 Å². The minimum Gasteiger partial charge on any atom is -0.497 e. The highest BCUT2D eigenvalue weighted by molar-refractivity contribution is 6.02. The Morgan fingerprint density at radius 1 is 1.06 bits per heavy atom. The van der Waals surface area contributed by atoms with Crippen LogP contribution in [-0.4, -0.2) is 22.9 Å². The lowest BCUT2D eigenvalue weighted by Crippen LogP contribution is -2.27. The average Bonchev–Trinajstić information content (AvgIpc) is 2.76. The summed E-state index contributed by atoms with van der Waals surface area (Å²) >= 11 is 0. The number of aromatic nitrogens is 2. The second-order valence-corrected chi connectivity index (χ2v) is 7.27. The van der Waals surface area contributed by atoms with Gasteiger partial charge in [-0.3, -0.25) is 4.79 Å². The number of hydrogen-bond acceptors (Lipinski definition) is 7. The molecule has 0 fully saturated rings. The van der Waals surface area contributed by atoms with Gasteiger partial charge in [-0.2, -0.15) is 5.10 Å². The van der Waals surface area contributed by atoms with Crippen LogP contribution in [0, 0.1) is 0 Å². The monoisotopic (exact) mass is 420 g/mol. The third kappa shape index (κ3) is 3.79. The van der Waals surface area contributed by atoms with Crippen molar-refractivity contribution in [2.45, 2.75) is 26.5 Å². The summed E-state index contributed by atoms with van der Waals surface area (Å²) in [7, 11) is 1.51. The molecule has 0 unspecified atom stereocenters. The molecule has 0 radical (unpaired) electrons. The Bertz CT molecular complexity index is 1420.